The van der Waals surface area contributed by atoms with Crippen LogP contribution in [0, 0.1) is 5.92 Å². The van der Waals surface area contributed by atoms with E-state index in [1.54, 1.807) is 0 Å². The molecule has 1 aromatic heterocycles. The van der Waals surface area contributed by atoms with Crippen molar-refractivity contribution in [3.8, 4) is 0 Å². The minimum atomic E-state index is -1.06. The maximum absolute atomic E-state index is 11.7. The van der Waals surface area contributed by atoms with Gasteiger partial charge in [-0.25, -0.2) is 0 Å². The Kier molecular flexibility index (Phi) is 4.98. The Balaban J connectivity index is 2.55. The van der Waals surface area contributed by atoms with Crippen LogP contribution in [0.2, 0.25) is 0 Å². The van der Waals surface area contributed by atoms with Crippen molar-refractivity contribution in [2.45, 2.75) is 13.3 Å². The fraction of sp³-hybridized carbons (Fsp3) is 0.333. The molecule has 18 heavy (non-hydrogen) atoms. The molecular formula is C12H14N2O4. The average Bonchev–Trinajstić information content (AvgIpc) is 2.34. The van der Waals surface area contributed by atoms with Crippen LogP contribution in [0.4, 0.5) is 0 Å². The molecule has 1 unspecified atom stereocenters. The van der Waals surface area contributed by atoms with Crippen molar-refractivity contribution in [2.75, 3.05) is 6.54 Å². The van der Waals surface area contributed by atoms with Crippen molar-refractivity contribution in [1.82, 2.24) is 10.3 Å². The van der Waals surface area contributed by atoms with Gasteiger partial charge in [0.15, 0.2) is 0 Å². The zero-order chi connectivity index (χ0) is 13.5. The van der Waals surface area contributed by atoms with Crippen LogP contribution >= 0.6 is 0 Å². The van der Waals surface area contributed by atoms with Crippen LogP contribution < -0.4 is 5.32 Å². The summed E-state index contributed by atoms with van der Waals surface area (Å²) in [5.74, 6) is -2.37. The van der Waals surface area contributed by atoms with Gasteiger partial charge in [0.05, 0.1) is 6.42 Å². The highest BCUT2D eigenvalue weighted by Gasteiger charge is 2.19. The number of Topliss-reactive ketones (excluding diaryl/α,β-unsaturated/α-hetero) is 1. The minimum Gasteiger partial charge on any atom is -0.481 e. The lowest BCUT2D eigenvalue weighted by Crippen LogP contribution is -2.33. The van der Waals surface area contributed by atoms with Gasteiger partial charge in [-0.05, 0) is 19.1 Å². The number of nitrogens with one attached hydrogen (secondary N) is 1. The van der Waals surface area contributed by atoms with Crippen molar-refractivity contribution < 1.29 is 19.5 Å². The first-order valence-electron chi connectivity index (χ1n) is 5.41. The van der Waals surface area contributed by atoms with Crippen LogP contribution in [0.5, 0.6) is 0 Å². The van der Waals surface area contributed by atoms with Crippen LogP contribution in [0.25, 0.3) is 0 Å². The molecule has 0 fully saturated rings. The maximum Gasteiger partial charge on any atom is 0.304 e. The van der Waals surface area contributed by atoms with Crippen molar-refractivity contribution >= 4 is 17.7 Å². The summed E-state index contributed by atoms with van der Waals surface area (Å²) in [5, 5.41) is 11.2. The van der Waals surface area contributed by atoms with Crippen LogP contribution in [0.15, 0.2) is 24.5 Å². The second-order valence-electron chi connectivity index (χ2n) is 3.85. The molecule has 0 radical (unpaired) electrons. The normalized spacial score (nSPS) is 11.6. The Morgan fingerprint density at radius 1 is 1.33 bits per heavy atom. The first kappa shape index (κ1) is 13.8. The summed E-state index contributed by atoms with van der Waals surface area (Å²) in [4.78, 5) is 37.2. The van der Waals surface area contributed by atoms with Crippen molar-refractivity contribution in [3.05, 3.63) is 30.1 Å². The number of rotatable bonds is 6. The molecule has 1 rings (SSSR count). The smallest absolute Gasteiger partial charge is 0.304 e. The van der Waals surface area contributed by atoms with Crippen molar-refractivity contribution in [2.24, 2.45) is 5.92 Å². The molecule has 0 aromatic carbocycles. The van der Waals surface area contributed by atoms with Crippen LogP contribution in [-0.2, 0) is 9.59 Å². The number of amides is 1. The molecule has 6 heteroatoms. The Bertz CT molecular complexity index is 445. The highest BCUT2D eigenvalue weighted by molar-refractivity contribution is 5.94. The molecule has 1 aromatic rings. The van der Waals surface area contributed by atoms with Crippen molar-refractivity contribution in [3.63, 3.8) is 0 Å². The van der Waals surface area contributed by atoms with Gasteiger partial charge in [0, 0.05) is 30.4 Å². The molecule has 1 atom stereocenters. The minimum absolute atomic E-state index is 0.0167. The number of nitrogens with zero attached hydrogens (tertiary/aromatic N) is 1. The molecule has 2 N–H and O–H groups in total. The lowest BCUT2D eigenvalue weighted by atomic mass is 10.0. The summed E-state index contributed by atoms with van der Waals surface area (Å²) in [6.45, 7) is 1.33. The Morgan fingerprint density at radius 2 is 1.94 bits per heavy atom. The highest BCUT2D eigenvalue weighted by atomic mass is 16.4. The predicted octanol–water partition coefficient (Wildman–Crippen LogP) is 0.491. The standard InChI is InChI=1S/C12H14N2O4/c1-8(15)10(6-11(16)17)7-14-12(18)9-2-4-13-5-3-9/h2-5,10H,6-7H2,1H3,(H,14,18)(H,16,17). The number of ketones is 1. The second-order valence-corrected chi connectivity index (χ2v) is 3.85. The highest BCUT2D eigenvalue weighted by Crippen LogP contribution is 2.04. The van der Waals surface area contributed by atoms with E-state index in [1.807, 2.05) is 0 Å². The predicted molar refractivity (Wildman–Crippen MR) is 63.0 cm³/mol. The number of hydrogen-bond acceptors (Lipinski definition) is 4. The van der Waals surface area contributed by atoms with E-state index in [0.29, 0.717) is 5.56 Å². The largest absolute Gasteiger partial charge is 0.481 e. The van der Waals surface area contributed by atoms with E-state index in [9.17, 15) is 14.4 Å². The third-order valence-corrected chi connectivity index (χ3v) is 2.45. The Hall–Kier alpha value is -2.24. The molecule has 0 aliphatic carbocycles. The third kappa shape index (κ3) is 4.32. The first-order chi connectivity index (χ1) is 8.50. The molecule has 96 valence electrons. The molecule has 1 heterocycles. The number of pyridine rings is 1. The van der Waals surface area contributed by atoms with E-state index in [2.05, 4.69) is 10.3 Å². The average molecular weight is 250 g/mol. The summed E-state index contributed by atoms with van der Waals surface area (Å²) >= 11 is 0. The van der Waals surface area contributed by atoms with Gasteiger partial charge in [0.1, 0.15) is 5.78 Å². The van der Waals surface area contributed by atoms with Gasteiger partial charge in [0.25, 0.3) is 5.91 Å². The van der Waals surface area contributed by atoms with E-state index in [1.165, 1.54) is 31.5 Å². The molecule has 0 spiro atoms. The van der Waals surface area contributed by atoms with Gasteiger partial charge in [0.2, 0.25) is 0 Å². The van der Waals surface area contributed by atoms with Crippen molar-refractivity contribution in [1.29, 1.82) is 0 Å². The fourth-order valence-electron chi connectivity index (χ4n) is 1.39. The van der Waals surface area contributed by atoms with Crippen LogP contribution in [0.1, 0.15) is 23.7 Å². The van der Waals surface area contributed by atoms with Gasteiger partial charge in [-0.2, -0.15) is 0 Å². The summed E-state index contributed by atoms with van der Waals surface area (Å²) in [7, 11) is 0. The van der Waals surface area contributed by atoms with E-state index < -0.39 is 11.9 Å². The summed E-state index contributed by atoms with van der Waals surface area (Å²) < 4.78 is 0. The zero-order valence-corrected chi connectivity index (χ0v) is 9.92. The van der Waals surface area contributed by atoms with E-state index in [-0.39, 0.29) is 24.7 Å². The summed E-state index contributed by atoms with van der Waals surface area (Å²) in [5.41, 5.74) is 0.419. The van der Waals surface area contributed by atoms with Gasteiger partial charge in [-0.15, -0.1) is 0 Å². The number of carboxylic acid groups (broad SMARTS) is 1. The van der Waals surface area contributed by atoms with Gasteiger partial charge < -0.3 is 10.4 Å². The molecule has 6 nitrogen and oxygen atoms in total. The fourth-order valence-corrected chi connectivity index (χ4v) is 1.39. The van der Waals surface area contributed by atoms with E-state index in [0.717, 1.165) is 0 Å². The Labute approximate surface area is 104 Å². The van der Waals surface area contributed by atoms with Crippen LogP contribution in [-0.4, -0.2) is 34.3 Å². The maximum atomic E-state index is 11.7. The number of carbonyl (C=O) groups excluding carboxylic acids is 2. The molecule has 0 saturated carbocycles. The number of aliphatic carboxylic acids is 1. The molecule has 0 bridgehead atoms. The first-order valence-corrected chi connectivity index (χ1v) is 5.41. The number of hydrogen-bond donors (Lipinski definition) is 2. The van der Waals surface area contributed by atoms with Crippen LogP contribution in [0.3, 0.4) is 0 Å². The quantitative estimate of drug-likeness (QED) is 0.766. The SMILES string of the molecule is CC(=O)C(CNC(=O)c1ccncc1)CC(=O)O. The van der Waals surface area contributed by atoms with Gasteiger partial charge in [-0.3, -0.25) is 19.4 Å². The lowest BCUT2D eigenvalue weighted by Gasteiger charge is -2.12. The topological polar surface area (TPSA) is 96.4 Å². The number of carbonyl (C=O) groups is 3. The molecule has 0 aliphatic heterocycles. The van der Waals surface area contributed by atoms with E-state index in [4.69, 9.17) is 5.11 Å². The van der Waals surface area contributed by atoms with Gasteiger partial charge in [-0.1, -0.05) is 0 Å². The number of carboxylic acids is 1. The van der Waals surface area contributed by atoms with E-state index >= 15 is 0 Å². The summed E-state index contributed by atoms with van der Waals surface area (Å²) in [6.07, 6.45) is 2.68. The zero-order valence-electron chi connectivity index (χ0n) is 9.92. The van der Waals surface area contributed by atoms with Gasteiger partial charge >= 0.3 is 5.97 Å². The monoisotopic (exact) mass is 250 g/mol. The number of aromatic nitrogens is 1. The molecule has 1 amide bonds. The molecular weight excluding hydrogens is 236 g/mol. The Morgan fingerprint density at radius 3 is 2.44 bits per heavy atom. The third-order valence-electron chi connectivity index (χ3n) is 2.45. The summed E-state index contributed by atoms with van der Waals surface area (Å²) in [6, 6.07) is 3.07. The molecule has 0 saturated heterocycles. The second kappa shape index (κ2) is 6.48. The molecule has 0 aliphatic rings. The lowest BCUT2D eigenvalue weighted by molar-refractivity contribution is -0.140.